The molecule has 0 saturated carbocycles. The molecule has 0 aromatic rings. The first-order valence-corrected chi connectivity index (χ1v) is 4.72. The summed E-state index contributed by atoms with van der Waals surface area (Å²) < 4.78 is 0. The average molecular weight is 186 g/mol. The van der Waals surface area contributed by atoms with Crippen LogP contribution in [0.4, 0.5) is 0 Å². The van der Waals surface area contributed by atoms with Gasteiger partial charge in [0.15, 0.2) is 0 Å². The van der Waals surface area contributed by atoms with Crippen molar-refractivity contribution in [2.75, 3.05) is 20.2 Å². The Morgan fingerprint density at radius 3 is 2.62 bits per heavy atom. The average Bonchev–Trinajstić information content (AvgIpc) is 2.32. The molecule has 1 amide bonds. The molecule has 1 unspecified atom stereocenters. The highest BCUT2D eigenvalue weighted by molar-refractivity contribution is 5.78. The van der Waals surface area contributed by atoms with E-state index in [1.807, 2.05) is 12.1 Å². The minimum atomic E-state index is 0.0287. The van der Waals surface area contributed by atoms with E-state index in [9.17, 15) is 4.79 Å². The zero-order chi connectivity index (χ0) is 10.0. The lowest BCUT2D eigenvalue weighted by molar-refractivity contribution is -0.138. The molecule has 1 aliphatic rings. The summed E-state index contributed by atoms with van der Waals surface area (Å²) in [5.41, 5.74) is 0. The first-order valence-electron chi connectivity index (χ1n) is 4.72. The molecular formula is C9H18N2O2. The van der Waals surface area contributed by atoms with Crippen LogP contribution in [-0.2, 0) is 4.79 Å². The Bertz CT molecular complexity index is 194. The molecular weight excluding hydrogens is 168 g/mol. The summed E-state index contributed by atoms with van der Waals surface area (Å²) in [5.74, 6) is 0.591. The quantitative estimate of drug-likeness (QED) is 0.679. The van der Waals surface area contributed by atoms with Gasteiger partial charge in [0.2, 0.25) is 5.91 Å². The van der Waals surface area contributed by atoms with Crippen LogP contribution in [0.15, 0.2) is 0 Å². The summed E-state index contributed by atoms with van der Waals surface area (Å²) in [6.07, 6.45) is 0.578. The van der Waals surface area contributed by atoms with Gasteiger partial charge in [-0.05, 0) is 5.92 Å². The Hall–Kier alpha value is -0.610. The minimum absolute atomic E-state index is 0.0287. The van der Waals surface area contributed by atoms with E-state index in [1.165, 1.54) is 0 Å². The second kappa shape index (κ2) is 4.07. The monoisotopic (exact) mass is 186 g/mol. The first kappa shape index (κ1) is 10.5. The fourth-order valence-electron chi connectivity index (χ4n) is 1.82. The molecule has 1 heterocycles. The summed E-state index contributed by atoms with van der Waals surface area (Å²) in [7, 11) is 1.91. The van der Waals surface area contributed by atoms with Crippen molar-refractivity contribution in [2.45, 2.75) is 26.3 Å². The van der Waals surface area contributed by atoms with Crippen LogP contribution in [0.1, 0.15) is 20.3 Å². The number of β-amino-alcohol motifs (C(OH)–C–C–N with tert-alkyl or cyclic N) is 1. The summed E-state index contributed by atoms with van der Waals surface area (Å²) >= 11 is 0. The molecule has 1 N–H and O–H groups in total. The molecule has 4 nitrogen and oxygen atoms in total. The summed E-state index contributed by atoms with van der Waals surface area (Å²) in [5, 5.41) is 12.3. The van der Waals surface area contributed by atoms with Crippen molar-refractivity contribution in [1.82, 2.24) is 10.0 Å². The predicted octanol–water partition coefficient (Wildman–Crippen LogP) is 0.0824. The number of carbonyl (C=O) groups excluding carboxylic acids is 1. The SMILES string of the molecule is CC(C)C1CC(=O)N(CCO)N1C. The highest BCUT2D eigenvalue weighted by atomic mass is 16.3. The Labute approximate surface area is 79.1 Å². The molecule has 1 fully saturated rings. The lowest BCUT2D eigenvalue weighted by Gasteiger charge is -2.29. The smallest absolute Gasteiger partial charge is 0.238 e. The number of amides is 1. The molecule has 1 atom stereocenters. The number of aliphatic hydroxyl groups is 1. The lowest BCUT2D eigenvalue weighted by Crippen LogP contribution is -2.42. The summed E-state index contributed by atoms with van der Waals surface area (Å²) in [4.78, 5) is 11.5. The Kier molecular flexibility index (Phi) is 3.27. The maximum absolute atomic E-state index is 11.5. The topological polar surface area (TPSA) is 43.8 Å². The zero-order valence-corrected chi connectivity index (χ0v) is 8.53. The van der Waals surface area contributed by atoms with Crippen molar-refractivity contribution in [1.29, 1.82) is 0 Å². The van der Waals surface area contributed by atoms with Crippen LogP contribution in [0.3, 0.4) is 0 Å². The standard InChI is InChI=1S/C9H18N2O2/c1-7(2)8-6-9(13)11(4-5-12)10(8)3/h7-8,12H,4-6H2,1-3H3. The number of hydrogen-bond acceptors (Lipinski definition) is 3. The van der Waals surface area contributed by atoms with Gasteiger partial charge in [0.25, 0.3) is 0 Å². The van der Waals surface area contributed by atoms with E-state index < -0.39 is 0 Å². The Morgan fingerprint density at radius 1 is 1.62 bits per heavy atom. The van der Waals surface area contributed by atoms with Crippen LogP contribution in [0.25, 0.3) is 0 Å². The van der Waals surface area contributed by atoms with Crippen molar-refractivity contribution >= 4 is 5.91 Å². The third-order valence-corrected chi connectivity index (χ3v) is 2.61. The highest BCUT2D eigenvalue weighted by Gasteiger charge is 2.35. The van der Waals surface area contributed by atoms with E-state index in [-0.39, 0.29) is 12.5 Å². The largest absolute Gasteiger partial charge is 0.394 e. The molecule has 0 aromatic carbocycles. The van der Waals surface area contributed by atoms with Gasteiger partial charge in [-0.1, -0.05) is 13.8 Å². The van der Waals surface area contributed by atoms with Gasteiger partial charge in [-0.15, -0.1) is 0 Å². The second-order valence-corrected chi connectivity index (χ2v) is 3.83. The second-order valence-electron chi connectivity index (χ2n) is 3.83. The molecule has 0 aliphatic carbocycles. The van der Waals surface area contributed by atoms with Gasteiger partial charge >= 0.3 is 0 Å². The third kappa shape index (κ3) is 2.00. The number of nitrogens with zero attached hydrogens (tertiary/aromatic N) is 2. The maximum Gasteiger partial charge on any atom is 0.238 e. The maximum atomic E-state index is 11.5. The Morgan fingerprint density at radius 2 is 2.23 bits per heavy atom. The molecule has 76 valence electrons. The normalized spacial score (nSPS) is 24.8. The molecule has 0 bridgehead atoms. The third-order valence-electron chi connectivity index (χ3n) is 2.61. The van der Waals surface area contributed by atoms with Crippen molar-refractivity contribution in [2.24, 2.45) is 5.92 Å². The fourth-order valence-corrected chi connectivity index (χ4v) is 1.82. The number of hydrazine groups is 1. The number of carbonyl (C=O) groups is 1. The van der Waals surface area contributed by atoms with E-state index in [2.05, 4.69) is 13.8 Å². The molecule has 4 heteroatoms. The van der Waals surface area contributed by atoms with Gasteiger partial charge in [0.1, 0.15) is 0 Å². The summed E-state index contributed by atoms with van der Waals surface area (Å²) in [6.45, 7) is 4.66. The van der Waals surface area contributed by atoms with Gasteiger partial charge in [-0.25, -0.2) is 5.01 Å². The van der Waals surface area contributed by atoms with Crippen LogP contribution in [0, 0.1) is 5.92 Å². The van der Waals surface area contributed by atoms with E-state index in [0.29, 0.717) is 24.9 Å². The van der Waals surface area contributed by atoms with E-state index in [0.717, 1.165) is 0 Å². The Balaban J connectivity index is 2.63. The number of rotatable bonds is 3. The van der Waals surface area contributed by atoms with Gasteiger partial charge in [0.05, 0.1) is 13.2 Å². The number of hydrogen-bond donors (Lipinski definition) is 1. The van der Waals surface area contributed by atoms with Crippen LogP contribution < -0.4 is 0 Å². The molecule has 1 aliphatic heterocycles. The van der Waals surface area contributed by atoms with Crippen LogP contribution in [-0.4, -0.2) is 47.3 Å². The van der Waals surface area contributed by atoms with Crippen molar-refractivity contribution in [3.63, 3.8) is 0 Å². The van der Waals surface area contributed by atoms with E-state index >= 15 is 0 Å². The molecule has 0 aromatic heterocycles. The minimum Gasteiger partial charge on any atom is -0.394 e. The zero-order valence-electron chi connectivity index (χ0n) is 8.53. The summed E-state index contributed by atoms with van der Waals surface area (Å²) in [6, 6.07) is 0.291. The fraction of sp³-hybridized carbons (Fsp3) is 0.889. The predicted molar refractivity (Wildman–Crippen MR) is 49.8 cm³/mol. The van der Waals surface area contributed by atoms with Crippen LogP contribution in [0.5, 0.6) is 0 Å². The van der Waals surface area contributed by atoms with Gasteiger partial charge in [-0.3, -0.25) is 9.80 Å². The van der Waals surface area contributed by atoms with Crippen molar-refractivity contribution in [3.8, 4) is 0 Å². The van der Waals surface area contributed by atoms with Gasteiger partial charge in [-0.2, -0.15) is 0 Å². The van der Waals surface area contributed by atoms with Crippen molar-refractivity contribution < 1.29 is 9.90 Å². The van der Waals surface area contributed by atoms with Crippen LogP contribution >= 0.6 is 0 Å². The van der Waals surface area contributed by atoms with Gasteiger partial charge < -0.3 is 5.11 Å². The first-order chi connectivity index (χ1) is 6.07. The molecule has 0 radical (unpaired) electrons. The molecule has 1 saturated heterocycles. The highest BCUT2D eigenvalue weighted by Crippen LogP contribution is 2.23. The van der Waals surface area contributed by atoms with E-state index in [1.54, 1.807) is 5.01 Å². The molecule has 1 rings (SSSR count). The van der Waals surface area contributed by atoms with Crippen LogP contribution in [0.2, 0.25) is 0 Å². The van der Waals surface area contributed by atoms with Gasteiger partial charge in [0, 0.05) is 19.5 Å². The van der Waals surface area contributed by atoms with Crippen molar-refractivity contribution in [3.05, 3.63) is 0 Å². The lowest BCUT2D eigenvalue weighted by atomic mass is 10.0. The number of aliphatic hydroxyl groups excluding tert-OH is 1. The molecule has 13 heavy (non-hydrogen) atoms. The molecule has 0 spiro atoms. The van der Waals surface area contributed by atoms with E-state index in [4.69, 9.17) is 5.11 Å².